The first-order valence-corrected chi connectivity index (χ1v) is 9.54. The van der Waals surface area contributed by atoms with Gasteiger partial charge in [0.25, 0.3) is 0 Å². The lowest BCUT2D eigenvalue weighted by molar-refractivity contribution is -0.122. The highest BCUT2D eigenvalue weighted by molar-refractivity contribution is 5.77. The first-order valence-electron chi connectivity index (χ1n) is 9.54. The highest BCUT2D eigenvalue weighted by Gasteiger charge is 2.23. The Morgan fingerprint density at radius 3 is 2.77 bits per heavy atom. The van der Waals surface area contributed by atoms with Crippen LogP contribution in [-0.2, 0) is 17.6 Å². The van der Waals surface area contributed by atoms with Crippen LogP contribution in [0.4, 0.5) is 0 Å². The second-order valence-corrected chi connectivity index (χ2v) is 7.04. The van der Waals surface area contributed by atoms with Crippen molar-refractivity contribution in [1.82, 2.24) is 10.6 Å². The van der Waals surface area contributed by atoms with E-state index < -0.39 is 0 Å². The average Bonchev–Trinajstić information content (AvgIpc) is 2.67. The summed E-state index contributed by atoms with van der Waals surface area (Å²) in [6, 6.07) is 16.9. The van der Waals surface area contributed by atoms with Gasteiger partial charge in [0, 0.05) is 12.5 Å². The van der Waals surface area contributed by atoms with Crippen molar-refractivity contribution in [2.24, 2.45) is 5.73 Å². The fourth-order valence-electron chi connectivity index (χ4n) is 3.85. The maximum atomic E-state index is 12.7. The summed E-state index contributed by atoms with van der Waals surface area (Å²) in [5, 5.41) is 6.51. The summed E-state index contributed by atoms with van der Waals surface area (Å²) >= 11 is 0. The monoisotopic (exact) mass is 351 g/mol. The molecule has 0 heterocycles. The molecule has 4 nitrogen and oxygen atoms in total. The van der Waals surface area contributed by atoms with E-state index in [2.05, 4.69) is 41.0 Å². The summed E-state index contributed by atoms with van der Waals surface area (Å²) in [7, 11) is 1.90. The second kappa shape index (κ2) is 8.97. The molecule has 1 amide bonds. The lowest BCUT2D eigenvalue weighted by Gasteiger charge is -2.28. The third-order valence-electron chi connectivity index (χ3n) is 5.23. The van der Waals surface area contributed by atoms with E-state index >= 15 is 0 Å². The summed E-state index contributed by atoms with van der Waals surface area (Å²) in [6.45, 7) is 0.670. The predicted octanol–water partition coefficient (Wildman–Crippen LogP) is 3.03. The third kappa shape index (κ3) is 4.51. The van der Waals surface area contributed by atoms with Crippen molar-refractivity contribution in [2.75, 3.05) is 13.6 Å². The zero-order valence-corrected chi connectivity index (χ0v) is 15.5. The summed E-state index contributed by atoms with van der Waals surface area (Å²) < 4.78 is 0. The van der Waals surface area contributed by atoms with Gasteiger partial charge < -0.3 is 16.4 Å². The summed E-state index contributed by atoms with van der Waals surface area (Å²) in [5.74, 6) is 0.0945. The average molecular weight is 351 g/mol. The minimum atomic E-state index is 0.0335. The van der Waals surface area contributed by atoms with E-state index in [0.29, 0.717) is 13.0 Å². The van der Waals surface area contributed by atoms with Gasteiger partial charge in [-0.15, -0.1) is 0 Å². The lowest BCUT2D eigenvalue weighted by atomic mass is 9.86. The smallest absolute Gasteiger partial charge is 0.222 e. The van der Waals surface area contributed by atoms with E-state index in [-0.39, 0.29) is 18.0 Å². The van der Waals surface area contributed by atoms with Gasteiger partial charge in [0.1, 0.15) is 0 Å². The summed E-state index contributed by atoms with van der Waals surface area (Å²) in [4.78, 5) is 12.7. The van der Waals surface area contributed by atoms with Crippen molar-refractivity contribution in [1.29, 1.82) is 0 Å². The Labute approximate surface area is 156 Å². The fourth-order valence-corrected chi connectivity index (χ4v) is 3.85. The van der Waals surface area contributed by atoms with Gasteiger partial charge in [-0.2, -0.15) is 0 Å². The van der Waals surface area contributed by atoms with Gasteiger partial charge in [0.05, 0.1) is 6.04 Å². The normalized spacial score (nSPS) is 17.4. The Morgan fingerprint density at radius 1 is 1.23 bits per heavy atom. The highest BCUT2D eigenvalue weighted by atomic mass is 16.1. The SMILES string of the molecule is CN[C@H](CC(=O)NC1CCCc2cc(CCN)ccc21)c1ccccc1. The van der Waals surface area contributed by atoms with Crippen LogP contribution in [-0.4, -0.2) is 19.5 Å². The number of hydrogen-bond donors (Lipinski definition) is 3. The van der Waals surface area contributed by atoms with E-state index in [1.165, 1.54) is 16.7 Å². The molecule has 2 aromatic rings. The molecule has 0 aromatic heterocycles. The van der Waals surface area contributed by atoms with Crippen molar-refractivity contribution >= 4 is 5.91 Å². The molecule has 26 heavy (non-hydrogen) atoms. The number of benzene rings is 2. The molecule has 3 rings (SSSR count). The van der Waals surface area contributed by atoms with Crippen molar-refractivity contribution in [3.8, 4) is 0 Å². The Bertz CT molecular complexity index is 729. The fraction of sp³-hybridized carbons (Fsp3) is 0.409. The van der Waals surface area contributed by atoms with E-state index in [0.717, 1.165) is 31.2 Å². The van der Waals surface area contributed by atoms with Crippen LogP contribution in [0, 0.1) is 0 Å². The molecule has 0 fully saturated rings. The molecule has 0 saturated heterocycles. The number of fused-ring (bicyclic) bond motifs is 1. The molecule has 4 heteroatoms. The molecule has 1 aliphatic rings. The van der Waals surface area contributed by atoms with Gasteiger partial charge in [0.2, 0.25) is 5.91 Å². The summed E-state index contributed by atoms with van der Waals surface area (Å²) in [5.41, 5.74) is 10.7. The minimum Gasteiger partial charge on any atom is -0.349 e. The van der Waals surface area contributed by atoms with Crippen molar-refractivity contribution in [3.05, 3.63) is 70.8 Å². The molecule has 0 spiro atoms. The molecular weight excluding hydrogens is 322 g/mol. The molecule has 1 aliphatic carbocycles. The van der Waals surface area contributed by atoms with E-state index in [1.54, 1.807) is 0 Å². The first kappa shape index (κ1) is 18.6. The number of carbonyl (C=O) groups is 1. The minimum absolute atomic E-state index is 0.0335. The number of amides is 1. The van der Waals surface area contributed by atoms with Crippen LogP contribution in [0.5, 0.6) is 0 Å². The predicted molar refractivity (Wildman–Crippen MR) is 106 cm³/mol. The Hall–Kier alpha value is -2.17. The van der Waals surface area contributed by atoms with Crippen LogP contribution in [0.1, 0.15) is 53.6 Å². The molecule has 1 unspecified atom stereocenters. The standard InChI is InChI=1S/C22H29N3O/c1-24-21(17-6-3-2-4-7-17)15-22(26)25-20-9-5-8-18-14-16(12-13-23)10-11-19(18)20/h2-4,6-7,10-11,14,20-21,24H,5,8-9,12-13,15,23H2,1H3,(H,25,26)/t20?,21-/m1/s1. The maximum absolute atomic E-state index is 12.7. The van der Waals surface area contributed by atoms with Crippen LogP contribution in [0.3, 0.4) is 0 Å². The Balaban J connectivity index is 1.67. The van der Waals surface area contributed by atoms with Gasteiger partial charge in [-0.3, -0.25) is 4.79 Å². The van der Waals surface area contributed by atoms with Crippen LogP contribution in [0.15, 0.2) is 48.5 Å². The number of aryl methyl sites for hydroxylation is 1. The Kier molecular flexibility index (Phi) is 6.42. The molecule has 0 bridgehead atoms. The first-order chi connectivity index (χ1) is 12.7. The molecular formula is C22H29N3O. The van der Waals surface area contributed by atoms with Crippen LogP contribution in [0.25, 0.3) is 0 Å². The van der Waals surface area contributed by atoms with Gasteiger partial charge in [-0.05, 0) is 61.5 Å². The summed E-state index contributed by atoms with van der Waals surface area (Å²) in [6.07, 6.45) is 4.55. The van der Waals surface area contributed by atoms with Crippen LogP contribution < -0.4 is 16.4 Å². The molecule has 0 saturated carbocycles. The molecule has 2 atom stereocenters. The number of hydrogen-bond acceptors (Lipinski definition) is 3. The highest BCUT2D eigenvalue weighted by Crippen LogP contribution is 2.31. The molecule has 2 aromatic carbocycles. The van der Waals surface area contributed by atoms with Crippen molar-refractivity contribution in [3.63, 3.8) is 0 Å². The molecule has 138 valence electrons. The quantitative estimate of drug-likeness (QED) is 0.718. The van der Waals surface area contributed by atoms with E-state index in [9.17, 15) is 4.79 Å². The number of rotatable bonds is 7. The zero-order valence-electron chi connectivity index (χ0n) is 15.5. The van der Waals surface area contributed by atoms with Gasteiger partial charge in [-0.25, -0.2) is 0 Å². The van der Waals surface area contributed by atoms with Gasteiger partial charge in [0.15, 0.2) is 0 Å². The largest absolute Gasteiger partial charge is 0.349 e. The van der Waals surface area contributed by atoms with Gasteiger partial charge >= 0.3 is 0 Å². The number of carbonyl (C=O) groups excluding carboxylic acids is 1. The van der Waals surface area contributed by atoms with Gasteiger partial charge in [-0.1, -0.05) is 48.5 Å². The number of nitrogens with two attached hydrogens (primary N) is 1. The topological polar surface area (TPSA) is 67.2 Å². The van der Waals surface area contributed by atoms with Crippen molar-refractivity contribution in [2.45, 2.75) is 44.2 Å². The second-order valence-electron chi connectivity index (χ2n) is 7.04. The molecule has 0 aliphatic heterocycles. The maximum Gasteiger partial charge on any atom is 0.222 e. The Morgan fingerprint density at radius 2 is 2.04 bits per heavy atom. The molecule has 4 N–H and O–H groups in total. The number of nitrogens with one attached hydrogen (secondary N) is 2. The zero-order chi connectivity index (χ0) is 18.4. The third-order valence-corrected chi connectivity index (χ3v) is 5.23. The molecule has 0 radical (unpaired) electrons. The van der Waals surface area contributed by atoms with Crippen LogP contribution in [0.2, 0.25) is 0 Å². The van der Waals surface area contributed by atoms with E-state index in [1.807, 2.05) is 25.2 Å². The van der Waals surface area contributed by atoms with Crippen molar-refractivity contribution < 1.29 is 4.79 Å². The lowest BCUT2D eigenvalue weighted by Crippen LogP contribution is -2.33. The van der Waals surface area contributed by atoms with Crippen LogP contribution >= 0.6 is 0 Å². The van der Waals surface area contributed by atoms with E-state index in [4.69, 9.17) is 5.73 Å².